The second-order valence-electron chi connectivity index (χ2n) is 10.7. The van der Waals surface area contributed by atoms with Gasteiger partial charge in [-0.05, 0) is 56.6 Å². The standard InChI is InChI=1S/C28H42F3N3O3/c1-4-13-37-18-26(35)19(3)7-6-8-23(5-2)33-24-10-9-20(15-24)27(36)34-12-11-25-21(17-34)14-22(16-32-25)28(29,30)31/h14,16,19-20,23-24,33H,4-13,15,17-18H2,1-3H3. The Labute approximate surface area is 218 Å². The second-order valence-corrected chi connectivity index (χ2v) is 10.7. The van der Waals surface area contributed by atoms with E-state index in [2.05, 4.69) is 17.2 Å². The number of hydrogen-bond acceptors (Lipinski definition) is 5. The third-order valence-corrected chi connectivity index (χ3v) is 7.76. The minimum atomic E-state index is -4.44. The number of nitrogens with one attached hydrogen (secondary N) is 1. The molecule has 4 unspecified atom stereocenters. The van der Waals surface area contributed by atoms with Crippen molar-refractivity contribution < 1.29 is 27.5 Å². The molecule has 9 heteroatoms. The van der Waals surface area contributed by atoms with Crippen molar-refractivity contribution in [3.63, 3.8) is 0 Å². The zero-order valence-corrected chi connectivity index (χ0v) is 22.4. The Kier molecular flexibility index (Phi) is 10.9. The summed E-state index contributed by atoms with van der Waals surface area (Å²) in [7, 11) is 0. The summed E-state index contributed by atoms with van der Waals surface area (Å²) in [6, 6.07) is 1.74. The van der Waals surface area contributed by atoms with Gasteiger partial charge in [0.25, 0.3) is 0 Å². The number of ketones is 1. The van der Waals surface area contributed by atoms with Crippen LogP contribution in [0.25, 0.3) is 0 Å². The first kappa shape index (κ1) is 29.6. The Balaban J connectivity index is 1.44. The van der Waals surface area contributed by atoms with Crippen LogP contribution in [0.3, 0.4) is 0 Å². The van der Waals surface area contributed by atoms with Gasteiger partial charge in [0.1, 0.15) is 6.61 Å². The van der Waals surface area contributed by atoms with Crippen LogP contribution < -0.4 is 5.32 Å². The van der Waals surface area contributed by atoms with E-state index in [9.17, 15) is 22.8 Å². The van der Waals surface area contributed by atoms with Gasteiger partial charge < -0.3 is 15.0 Å². The predicted octanol–water partition coefficient (Wildman–Crippen LogP) is 5.32. The number of aromatic nitrogens is 1. The molecule has 1 amide bonds. The van der Waals surface area contributed by atoms with E-state index in [1.54, 1.807) is 4.90 Å². The molecule has 208 valence electrons. The molecule has 1 N–H and O–H groups in total. The lowest BCUT2D eigenvalue weighted by atomic mass is 9.96. The number of rotatable bonds is 13. The molecule has 0 radical (unpaired) electrons. The molecule has 1 saturated carbocycles. The number of pyridine rings is 1. The highest BCUT2D eigenvalue weighted by Gasteiger charge is 2.36. The lowest BCUT2D eigenvalue weighted by Crippen LogP contribution is -2.41. The van der Waals surface area contributed by atoms with E-state index in [-0.39, 0.29) is 42.7 Å². The van der Waals surface area contributed by atoms with Gasteiger partial charge >= 0.3 is 6.18 Å². The molecule has 1 aliphatic heterocycles. The summed E-state index contributed by atoms with van der Waals surface area (Å²) in [6.45, 7) is 7.65. The molecule has 0 bridgehead atoms. The van der Waals surface area contributed by atoms with Gasteiger partial charge in [-0.15, -0.1) is 0 Å². The van der Waals surface area contributed by atoms with Crippen LogP contribution in [0.1, 0.15) is 89.0 Å². The molecule has 0 saturated heterocycles. The lowest BCUT2D eigenvalue weighted by molar-refractivity contribution is -0.138. The molecule has 4 atom stereocenters. The molecule has 1 aromatic heterocycles. The number of carbonyl (C=O) groups excluding carboxylic acids is 2. The van der Waals surface area contributed by atoms with Gasteiger partial charge in [0.2, 0.25) is 5.91 Å². The van der Waals surface area contributed by atoms with E-state index < -0.39 is 11.7 Å². The molecular weight excluding hydrogens is 483 g/mol. The summed E-state index contributed by atoms with van der Waals surface area (Å²) in [5, 5.41) is 3.72. The first-order chi connectivity index (χ1) is 17.6. The predicted molar refractivity (Wildman–Crippen MR) is 136 cm³/mol. The number of ether oxygens (including phenoxy) is 1. The van der Waals surface area contributed by atoms with E-state index in [1.807, 2.05) is 13.8 Å². The normalized spacial score (nSPS) is 21.5. The molecule has 0 aromatic carbocycles. The topological polar surface area (TPSA) is 71.5 Å². The van der Waals surface area contributed by atoms with Gasteiger partial charge in [0.15, 0.2) is 5.78 Å². The summed E-state index contributed by atoms with van der Waals surface area (Å²) in [5.74, 6) is 0.103. The fraction of sp³-hybridized carbons (Fsp3) is 0.750. The average molecular weight is 526 g/mol. The molecule has 0 spiro atoms. The van der Waals surface area contributed by atoms with Crippen LogP contribution in [-0.2, 0) is 33.5 Å². The number of halogens is 3. The quantitative estimate of drug-likeness (QED) is 0.353. The van der Waals surface area contributed by atoms with E-state index in [0.717, 1.165) is 63.6 Å². The Morgan fingerprint density at radius 2 is 2.03 bits per heavy atom. The Morgan fingerprint density at radius 1 is 1.24 bits per heavy atom. The van der Waals surface area contributed by atoms with E-state index in [4.69, 9.17) is 4.74 Å². The summed E-state index contributed by atoms with van der Waals surface area (Å²) in [5.41, 5.74) is 0.385. The molecular formula is C28H42F3N3O3. The fourth-order valence-electron chi connectivity index (χ4n) is 5.41. The van der Waals surface area contributed by atoms with Crippen molar-refractivity contribution in [3.05, 3.63) is 29.1 Å². The average Bonchev–Trinajstić information content (AvgIpc) is 3.34. The van der Waals surface area contributed by atoms with Crippen molar-refractivity contribution in [2.24, 2.45) is 11.8 Å². The van der Waals surface area contributed by atoms with Crippen LogP contribution in [0.5, 0.6) is 0 Å². The number of Topliss-reactive ketones (excluding diaryl/α,β-unsaturated/α-hetero) is 1. The van der Waals surface area contributed by atoms with Crippen molar-refractivity contribution in [1.82, 2.24) is 15.2 Å². The maximum atomic E-state index is 13.2. The Hall–Kier alpha value is -2.00. The van der Waals surface area contributed by atoms with Crippen molar-refractivity contribution in [2.75, 3.05) is 19.8 Å². The third-order valence-electron chi connectivity index (χ3n) is 7.76. The first-order valence-electron chi connectivity index (χ1n) is 13.8. The van der Waals surface area contributed by atoms with Gasteiger partial charge in [-0.1, -0.05) is 27.2 Å². The zero-order chi connectivity index (χ0) is 27.0. The minimum absolute atomic E-state index is 0.0000656. The van der Waals surface area contributed by atoms with Gasteiger partial charge in [-0.2, -0.15) is 13.2 Å². The van der Waals surface area contributed by atoms with Crippen molar-refractivity contribution in [3.8, 4) is 0 Å². The fourth-order valence-corrected chi connectivity index (χ4v) is 5.41. The lowest BCUT2D eigenvalue weighted by Gasteiger charge is -2.31. The van der Waals surface area contributed by atoms with E-state index in [1.165, 1.54) is 0 Å². The number of hydrogen-bond donors (Lipinski definition) is 1. The highest BCUT2D eigenvalue weighted by Crippen LogP contribution is 2.33. The largest absolute Gasteiger partial charge is 0.417 e. The molecule has 1 fully saturated rings. The van der Waals surface area contributed by atoms with Gasteiger partial charge in [0, 0.05) is 61.9 Å². The monoisotopic (exact) mass is 525 g/mol. The zero-order valence-electron chi connectivity index (χ0n) is 22.4. The second kappa shape index (κ2) is 13.7. The Morgan fingerprint density at radius 3 is 2.73 bits per heavy atom. The van der Waals surface area contributed by atoms with Gasteiger partial charge in [0.05, 0.1) is 5.56 Å². The van der Waals surface area contributed by atoms with Crippen molar-refractivity contribution in [1.29, 1.82) is 0 Å². The SMILES string of the molecule is CCCOCC(=O)C(C)CCCC(CC)NC1CCC(C(=O)N2CCc3ncc(C(F)(F)F)cc3C2)C1. The first-order valence-corrected chi connectivity index (χ1v) is 13.8. The number of fused-ring (bicyclic) bond motifs is 1. The van der Waals surface area contributed by atoms with Gasteiger partial charge in [-0.25, -0.2) is 0 Å². The number of amides is 1. The Bertz CT molecular complexity index is 908. The van der Waals surface area contributed by atoms with Crippen LogP contribution in [-0.4, -0.2) is 53.4 Å². The molecule has 1 aliphatic carbocycles. The summed E-state index contributed by atoms with van der Waals surface area (Å²) < 4.78 is 44.7. The number of carbonyl (C=O) groups is 2. The highest BCUT2D eigenvalue weighted by atomic mass is 19.4. The maximum Gasteiger partial charge on any atom is 0.417 e. The van der Waals surface area contributed by atoms with E-state index in [0.29, 0.717) is 36.9 Å². The summed E-state index contributed by atoms with van der Waals surface area (Å²) in [6.07, 6.45) is 4.07. The highest BCUT2D eigenvalue weighted by molar-refractivity contribution is 5.81. The molecule has 3 rings (SSSR count). The molecule has 2 aliphatic rings. The molecule has 1 aromatic rings. The minimum Gasteiger partial charge on any atom is -0.374 e. The number of nitrogens with zero attached hydrogens (tertiary/aromatic N) is 2. The van der Waals surface area contributed by atoms with Crippen molar-refractivity contribution >= 4 is 11.7 Å². The van der Waals surface area contributed by atoms with E-state index >= 15 is 0 Å². The molecule has 6 nitrogen and oxygen atoms in total. The number of alkyl halides is 3. The van der Waals surface area contributed by atoms with Crippen molar-refractivity contribution in [2.45, 2.75) is 103 Å². The summed E-state index contributed by atoms with van der Waals surface area (Å²) >= 11 is 0. The smallest absolute Gasteiger partial charge is 0.374 e. The van der Waals surface area contributed by atoms with Gasteiger partial charge in [-0.3, -0.25) is 14.6 Å². The maximum absolute atomic E-state index is 13.2. The summed E-state index contributed by atoms with van der Waals surface area (Å²) in [4.78, 5) is 31.1. The molecule has 37 heavy (non-hydrogen) atoms. The van der Waals surface area contributed by atoms with Crippen LogP contribution in [0.4, 0.5) is 13.2 Å². The van der Waals surface area contributed by atoms with Crippen LogP contribution in [0, 0.1) is 11.8 Å². The third kappa shape index (κ3) is 8.50. The van der Waals surface area contributed by atoms with Crippen LogP contribution in [0.15, 0.2) is 12.3 Å². The molecule has 2 heterocycles. The van der Waals surface area contributed by atoms with Crippen LogP contribution in [0.2, 0.25) is 0 Å². The van der Waals surface area contributed by atoms with Crippen LogP contribution >= 0.6 is 0 Å².